The summed E-state index contributed by atoms with van der Waals surface area (Å²) in [5, 5.41) is 3.78. The summed E-state index contributed by atoms with van der Waals surface area (Å²) in [7, 11) is 0. The van der Waals surface area contributed by atoms with Crippen LogP contribution in [0.4, 0.5) is 0 Å². The van der Waals surface area contributed by atoms with Crippen molar-refractivity contribution in [2.75, 3.05) is 13.2 Å². The molecule has 6 heteroatoms. The van der Waals surface area contributed by atoms with Gasteiger partial charge >= 0.3 is 0 Å². The summed E-state index contributed by atoms with van der Waals surface area (Å²) in [6.45, 7) is 2.86. The lowest BCUT2D eigenvalue weighted by atomic mass is 10.0. The molecule has 0 aromatic heterocycles. The number of amides is 1. The summed E-state index contributed by atoms with van der Waals surface area (Å²) in [6.07, 6.45) is 1.60. The first-order valence-electron chi connectivity index (χ1n) is 9.22. The molecular weight excluding hydrogens is 366 g/mol. The molecule has 0 saturated heterocycles. The molecule has 1 aliphatic carbocycles. The standard InChI is InChI=1S/C21H22ClNO4/c1-13(27-17-7-5-16(22)6-8-17)21(24)23-20(14-2-3-14)15-4-9-18-19(12-15)26-11-10-25-18/h4-9,12-14,20H,2-3,10-11H2,1H3,(H,23,24). The molecule has 27 heavy (non-hydrogen) atoms. The number of fused-ring (bicyclic) bond motifs is 1. The van der Waals surface area contributed by atoms with Gasteiger partial charge in [0.2, 0.25) is 0 Å². The van der Waals surface area contributed by atoms with Crippen LogP contribution >= 0.6 is 11.6 Å². The molecule has 4 rings (SSSR count). The topological polar surface area (TPSA) is 56.8 Å². The van der Waals surface area contributed by atoms with Gasteiger partial charge in [-0.05, 0) is 67.6 Å². The minimum Gasteiger partial charge on any atom is -0.486 e. The van der Waals surface area contributed by atoms with Crippen molar-refractivity contribution >= 4 is 17.5 Å². The van der Waals surface area contributed by atoms with Gasteiger partial charge in [-0.1, -0.05) is 17.7 Å². The summed E-state index contributed by atoms with van der Waals surface area (Å²) >= 11 is 5.89. The number of hydrogen-bond acceptors (Lipinski definition) is 4. The Labute approximate surface area is 163 Å². The van der Waals surface area contributed by atoms with E-state index in [1.807, 2.05) is 18.2 Å². The molecule has 2 atom stereocenters. The van der Waals surface area contributed by atoms with Crippen molar-refractivity contribution in [3.8, 4) is 17.2 Å². The number of nitrogens with one attached hydrogen (secondary N) is 1. The van der Waals surface area contributed by atoms with Crippen LogP contribution in [0.5, 0.6) is 17.2 Å². The minimum atomic E-state index is -0.607. The lowest BCUT2D eigenvalue weighted by Crippen LogP contribution is -2.39. The molecule has 142 valence electrons. The molecule has 1 saturated carbocycles. The van der Waals surface area contributed by atoms with Crippen molar-refractivity contribution < 1.29 is 19.0 Å². The van der Waals surface area contributed by atoms with Crippen LogP contribution in [0.15, 0.2) is 42.5 Å². The zero-order chi connectivity index (χ0) is 18.8. The Morgan fingerprint density at radius 2 is 1.81 bits per heavy atom. The average molecular weight is 388 g/mol. The van der Waals surface area contributed by atoms with Gasteiger partial charge in [0.15, 0.2) is 17.6 Å². The Morgan fingerprint density at radius 3 is 2.52 bits per heavy atom. The zero-order valence-corrected chi connectivity index (χ0v) is 15.9. The van der Waals surface area contributed by atoms with E-state index in [-0.39, 0.29) is 11.9 Å². The van der Waals surface area contributed by atoms with E-state index < -0.39 is 6.10 Å². The fraction of sp³-hybridized carbons (Fsp3) is 0.381. The van der Waals surface area contributed by atoms with Crippen molar-refractivity contribution in [3.63, 3.8) is 0 Å². The Balaban J connectivity index is 1.45. The average Bonchev–Trinajstić information content (AvgIpc) is 3.52. The number of benzene rings is 2. The van der Waals surface area contributed by atoms with Crippen LogP contribution in [0.2, 0.25) is 5.02 Å². The first kappa shape index (κ1) is 18.0. The van der Waals surface area contributed by atoms with Crippen LogP contribution in [0.3, 0.4) is 0 Å². The zero-order valence-electron chi connectivity index (χ0n) is 15.1. The molecule has 1 amide bonds. The van der Waals surface area contributed by atoms with Gasteiger partial charge < -0.3 is 19.5 Å². The molecule has 2 unspecified atom stereocenters. The third-order valence-corrected chi connectivity index (χ3v) is 5.06. The molecule has 5 nitrogen and oxygen atoms in total. The Kier molecular flexibility index (Phi) is 5.12. The summed E-state index contributed by atoms with van der Waals surface area (Å²) in [5.74, 6) is 2.41. The van der Waals surface area contributed by atoms with E-state index in [0.29, 0.717) is 29.9 Å². The number of carbonyl (C=O) groups is 1. The van der Waals surface area contributed by atoms with Gasteiger partial charge in [-0.2, -0.15) is 0 Å². The fourth-order valence-electron chi connectivity index (χ4n) is 3.20. The van der Waals surface area contributed by atoms with Gasteiger partial charge in [-0.15, -0.1) is 0 Å². The second-order valence-electron chi connectivity index (χ2n) is 6.94. The highest BCUT2D eigenvalue weighted by atomic mass is 35.5. The van der Waals surface area contributed by atoms with Gasteiger partial charge in [0.05, 0.1) is 6.04 Å². The molecule has 0 radical (unpaired) electrons. The van der Waals surface area contributed by atoms with Crippen LogP contribution in [0.1, 0.15) is 31.4 Å². The number of rotatable bonds is 6. The third kappa shape index (κ3) is 4.30. The third-order valence-electron chi connectivity index (χ3n) is 4.81. The van der Waals surface area contributed by atoms with Crippen LogP contribution in [0.25, 0.3) is 0 Å². The van der Waals surface area contributed by atoms with E-state index in [1.165, 1.54) is 0 Å². The van der Waals surface area contributed by atoms with Crippen LogP contribution in [0, 0.1) is 5.92 Å². The predicted molar refractivity (Wildman–Crippen MR) is 103 cm³/mol. The molecule has 1 fully saturated rings. The molecule has 1 heterocycles. The Morgan fingerprint density at radius 1 is 1.11 bits per heavy atom. The number of ether oxygens (including phenoxy) is 3. The molecule has 0 spiro atoms. The lowest BCUT2D eigenvalue weighted by molar-refractivity contribution is -0.128. The van der Waals surface area contributed by atoms with Crippen molar-refractivity contribution in [2.45, 2.75) is 31.9 Å². The van der Waals surface area contributed by atoms with Gasteiger partial charge in [0.1, 0.15) is 19.0 Å². The number of hydrogen-bond donors (Lipinski definition) is 1. The normalized spacial score (nSPS) is 17.7. The van der Waals surface area contributed by atoms with Crippen LogP contribution in [-0.2, 0) is 4.79 Å². The van der Waals surface area contributed by atoms with Crippen molar-refractivity contribution in [1.29, 1.82) is 0 Å². The van der Waals surface area contributed by atoms with E-state index in [9.17, 15) is 4.79 Å². The SMILES string of the molecule is CC(Oc1ccc(Cl)cc1)C(=O)NC(c1ccc2c(c1)OCCO2)C1CC1. The predicted octanol–water partition coefficient (Wildman–Crippen LogP) is 4.15. The van der Waals surface area contributed by atoms with Crippen LogP contribution < -0.4 is 19.5 Å². The summed E-state index contributed by atoms with van der Waals surface area (Å²) in [4.78, 5) is 12.7. The number of halogens is 1. The van der Waals surface area contributed by atoms with E-state index in [4.69, 9.17) is 25.8 Å². The largest absolute Gasteiger partial charge is 0.486 e. The molecule has 1 aliphatic heterocycles. The van der Waals surface area contributed by atoms with Gasteiger partial charge in [-0.25, -0.2) is 0 Å². The minimum absolute atomic E-state index is 0.0513. The first-order valence-corrected chi connectivity index (χ1v) is 9.60. The highest BCUT2D eigenvalue weighted by Gasteiger charge is 2.35. The van der Waals surface area contributed by atoms with E-state index >= 15 is 0 Å². The van der Waals surface area contributed by atoms with Crippen LogP contribution in [-0.4, -0.2) is 25.2 Å². The summed E-state index contributed by atoms with van der Waals surface area (Å²) < 4.78 is 17.0. The highest BCUT2D eigenvalue weighted by molar-refractivity contribution is 6.30. The summed E-state index contributed by atoms with van der Waals surface area (Å²) in [6, 6.07) is 12.8. The van der Waals surface area contributed by atoms with Crippen molar-refractivity contribution in [2.24, 2.45) is 5.92 Å². The van der Waals surface area contributed by atoms with Gasteiger partial charge in [0, 0.05) is 5.02 Å². The molecule has 2 aliphatic rings. The fourth-order valence-corrected chi connectivity index (χ4v) is 3.32. The molecule has 0 bridgehead atoms. The smallest absolute Gasteiger partial charge is 0.261 e. The Bertz CT molecular complexity index is 819. The first-order chi connectivity index (χ1) is 13.1. The Hall–Kier alpha value is -2.40. The highest BCUT2D eigenvalue weighted by Crippen LogP contribution is 2.43. The second-order valence-corrected chi connectivity index (χ2v) is 7.38. The molecule has 1 N–H and O–H groups in total. The monoisotopic (exact) mass is 387 g/mol. The van der Waals surface area contributed by atoms with E-state index in [0.717, 1.165) is 29.9 Å². The molecular formula is C21H22ClNO4. The maximum Gasteiger partial charge on any atom is 0.261 e. The maximum absolute atomic E-state index is 12.7. The molecule has 2 aromatic rings. The summed E-state index contributed by atoms with van der Waals surface area (Å²) in [5.41, 5.74) is 1.04. The molecule has 2 aromatic carbocycles. The van der Waals surface area contributed by atoms with Crippen molar-refractivity contribution in [1.82, 2.24) is 5.32 Å². The van der Waals surface area contributed by atoms with E-state index in [1.54, 1.807) is 31.2 Å². The quantitative estimate of drug-likeness (QED) is 0.809. The number of carbonyl (C=O) groups excluding carboxylic acids is 1. The lowest BCUT2D eigenvalue weighted by Gasteiger charge is -2.24. The second kappa shape index (κ2) is 7.69. The van der Waals surface area contributed by atoms with Gasteiger partial charge in [-0.3, -0.25) is 4.79 Å². The van der Waals surface area contributed by atoms with Crippen molar-refractivity contribution in [3.05, 3.63) is 53.1 Å². The van der Waals surface area contributed by atoms with Gasteiger partial charge in [0.25, 0.3) is 5.91 Å². The maximum atomic E-state index is 12.7. The van der Waals surface area contributed by atoms with E-state index in [2.05, 4.69) is 5.32 Å².